The zero-order chi connectivity index (χ0) is 20.0. The van der Waals surface area contributed by atoms with Gasteiger partial charge in [0.2, 0.25) is 0 Å². The number of hydrogen-bond acceptors (Lipinski definition) is 8. The minimum absolute atomic E-state index is 0.0467. The number of carbonyl (C=O) groups is 1. The molecule has 8 nitrogen and oxygen atoms in total. The summed E-state index contributed by atoms with van der Waals surface area (Å²) >= 11 is 0. The highest BCUT2D eigenvalue weighted by molar-refractivity contribution is 5.93. The Balaban J connectivity index is 1.79. The Morgan fingerprint density at radius 1 is 1.22 bits per heavy atom. The summed E-state index contributed by atoms with van der Waals surface area (Å²) < 4.78 is 17.2. The molecule has 0 aromatic carbocycles. The Morgan fingerprint density at radius 3 is 2.52 bits per heavy atom. The summed E-state index contributed by atoms with van der Waals surface area (Å²) in [5.41, 5.74) is -0.705. The van der Waals surface area contributed by atoms with Crippen LogP contribution in [0.4, 0.5) is 0 Å². The molecule has 0 saturated carbocycles. The topological polar surface area (TPSA) is 126 Å². The van der Waals surface area contributed by atoms with Crippen molar-refractivity contribution in [1.82, 2.24) is 0 Å². The fraction of sp³-hybridized carbons (Fsp3) is 0.737. The maximum absolute atomic E-state index is 12.2. The zero-order valence-electron chi connectivity index (χ0n) is 15.7. The van der Waals surface area contributed by atoms with E-state index >= 15 is 0 Å². The molecule has 8 heteroatoms. The second kappa shape index (κ2) is 7.36. The van der Waals surface area contributed by atoms with E-state index in [0.29, 0.717) is 12.0 Å². The van der Waals surface area contributed by atoms with E-state index in [4.69, 9.17) is 14.2 Å². The molecule has 2 heterocycles. The number of ether oxygens (including phenoxy) is 3. The van der Waals surface area contributed by atoms with Gasteiger partial charge in [0.1, 0.15) is 30.0 Å². The first-order valence-electron chi connectivity index (χ1n) is 9.14. The largest absolute Gasteiger partial charge is 0.394 e. The van der Waals surface area contributed by atoms with Crippen LogP contribution in [-0.2, 0) is 19.0 Å². The van der Waals surface area contributed by atoms with Gasteiger partial charge in [-0.1, -0.05) is 19.9 Å². The van der Waals surface area contributed by atoms with E-state index in [1.54, 1.807) is 0 Å². The molecule has 1 aliphatic carbocycles. The molecule has 3 aliphatic rings. The van der Waals surface area contributed by atoms with E-state index < -0.39 is 48.3 Å². The highest BCUT2D eigenvalue weighted by Gasteiger charge is 2.53. The maximum atomic E-state index is 12.2. The van der Waals surface area contributed by atoms with Crippen LogP contribution in [0.5, 0.6) is 0 Å². The van der Waals surface area contributed by atoms with Crippen LogP contribution in [0.1, 0.15) is 27.2 Å². The first-order valence-corrected chi connectivity index (χ1v) is 9.14. The number of aliphatic hydroxyl groups is 4. The number of rotatable bonds is 4. The van der Waals surface area contributed by atoms with Crippen LogP contribution in [0.2, 0.25) is 0 Å². The minimum atomic E-state index is -1.52. The van der Waals surface area contributed by atoms with Crippen LogP contribution >= 0.6 is 0 Å². The van der Waals surface area contributed by atoms with Gasteiger partial charge < -0.3 is 34.6 Å². The zero-order valence-corrected chi connectivity index (χ0v) is 15.7. The first-order chi connectivity index (χ1) is 12.6. The van der Waals surface area contributed by atoms with E-state index in [2.05, 4.69) is 0 Å². The van der Waals surface area contributed by atoms with Gasteiger partial charge in [0.05, 0.1) is 19.3 Å². The molecule has 0 bridgehead atoms. The molecule has 4 N–H and O–H groups in total. The average molecular weight is 384 g/mol. The molecule has 27 heavy (non-hydrogen) atoms. The monoisotopic (exact) mass is 384 g/mol. The number of ketones is 1. The quantitative estimate of drug-likeness (QED) is 0.476. The third-order valence-corrected chi connectivity index (χ3v) is 5.66. The fourth-order valence-corrected chi connectivity index (χ4v) is 4.09. The Hall–Kier alpha value is -1.13. The second-order valence-corrected chi connectivity index (χ2v) is 8.12. The number of aliphatic hydroxyl groups excluding tert-OH is 4. The van der Waals surface area contributed by atoms with E-state index in [-0.39, 0.29) is 18.5 Å². The number of carbonyl (C=O) groups excluding carboxylic acids is 1. The summed E-state index contributed by atoms with van der Waals surface area (Å²) in [7, 11) is 0. The molecule has 0 radical (unpaired) electrons. The maximum Gasteiger partial charge on any atom is 0.187 e. The van der Waals surface area contributed by atoms with E-state index in [1.165, 1.54) is 6.08 Å². The van der Waals surface area contributed by atoms with Crippen molar-refractivity contribution < 1.29 is 39.4 Å². The molecule has 7 atom stereocenters. The van der Waals surface area contributed by atoms with Crippen LogP contribution in [0.3, 0.4) is 0 Å². The van der Waals surface area contributed by atoms with Crippen LogP contribution in [0, 0.1) is 5.41 Å². The Kier molecular flexibility index (Phi) is 5.62. The fourth-order valence-electron chi connectivity index (χ4n) is 4.09. The van der Waals surface area contributed by atoms with Gasteiger partial charge in [-0.25, -0.2) is 0 Å². The van der Waals surface area contributed by atoms with Crippen molar-refractivity contribution >= 4 is 5.78 Å². The molecular formula is C19H28O8. The lowest BCUT2D eigenvalue weighted by Gasteiger charge is -2.47. The van der Waals surface area contributed by atoms with Gasteiger partial charge in [-0.05, 0) is 24.6 Å². The summed E-state index contributed by atoms with van der Waals surface area (Å²) in [5, 5.41) is 39.2. The van der Waals surface area contributed by atoms with Gasteiger partial charge in [0.25, 0.3) is 0 Å². The van der Waals surface area contributed by atoms with Gasteiger partial charge in [0, 0.05) is 11.8 Å². The Bertz CT molecular complexity index is 640. The van der Waals surface area contributed by atoms with Crippen LogP contribution in [0.25, 0.3) is 0 Å². The molecule has 1 saturated heterocycles. The molecule has 0 aromatic heterocycles. The van der Waals surface area contributed by atoms with Crippen LogP contribution in [-0.4, -0.2) is 81.8 Å². The van der Waals surface area contributed by atoms with Crippen LogP contribution in [0.15, 0.2) is 23.8 Å². The highest BCUT2D eigenvalue weighted by Crippen LogP contribution is 2.50. The van der Waals surface area contributed by atoms with E-state index in [9.17, 15) is 25.2 Å². The van der Waals surface area contributed by atoms with Crippen molar-refractivity contribution in [1.29, 1.82) is 0 Å². The summed E-state index contributed by atoms with van der Waals surface area (Å²) in [6.07, 6.45) is -1.20. The van der Waals surface area contributed by atoms with Crippen molar-refractivity contribution in [3.05, 3.63) is 23.8 Å². The van der Waals surface area contributed by atoms with E-state index in [0.717, 1.165) is 0 Å². The van der Waals surface area contributed by atoms with Crippen molar-refractivity contribution in [2.45, 2.75) is 69.6 Å². The van der Waals surface area contributed by atoms with Gasteiger partial charge in [-0.3, -0.25) is 4.79 Å². The second-order valence-electron chi connectivity index (χ2n) is 8.12. The molecule has 152 valence electrons. The highest BCUT2D eigenvalue weighted by atomic mass is 16.7. The van der Waals surface area contributed by atoms with Gasteiger partial charge in [-0.15, -0.1) is 0 Å². The lowest BCUT2D eigenvalue weighted by Crippen LogP contribution is -2.59. The summed E-state index contributed by atoms with van der Waals surface area (Å²) in [4.78, 5) is 12.2. The first kappa shape index (κ1) is 20.6. The van der Waals surface area contributed by atoms with Crippen LogP contribution < -0.4 is 0 Å². The molecule has 2 aliphatic heterocycles. The normalized spacial score (nSPS) is 44.0. The van der Waals surface area contributed by atoms with Crippen molar-refractivity contribution in [3.8, 4) is 0 Å². The molecule has 0 aromatic rings. The standard InChI is InChI=1S/C19H28O8/c1-10-4-5-19(27-10)11(6-12(21)7-18(19,2)3)9-25-17-16(24)15(23)14(22)13(8-20)26-17/h4-6,10,13-17,20,22-24H,7-9H2,1-3H3/t10-,13-,14-,15+,16-,17-,19-/m1/s1. The summed E-state index contributed by atoms with van der Waals surface area (Å²) in [5.74, 6) is -0.0467. The van der Waals surface area contributed by atoms with Crippen molar-refractivity contribution in [2.75, 3.05) is 13.2 Å². The molecular weight excluding hydrogens is 356 g/mol. The van der Waals surface area contributed by atoms with Crippen molar-refractivity contribution in [2.24, 2.45) is 5.41 Å². The summed E-state index contributed by atoms with van der Waals surface area (Å²) in [6, 6.07) is 0. The molecule has 0 amide bonds. The third kappa shape index (κ3) is 3.51. The number of allylic oxidation sites excluding steroid dienone is 1. The molecule has 1 fully saturated rings. The third-order valence-electron chi connectivity index (χ3n) is 5.66. The minimum Gasteiger partial charge on any atom is -0.394 e. The predicted octanol–water partition coefficient (Wildman–Crippen LogP) is -0.558. The van der Waals surface area contributed by atoms with Gasteiger partial charge in [-0.2, -0.15) is 0 Å². The Labute approximate surface area is 158 Å². The van der Waals surface area contributed by atoms with Crippen molar-refractivity contribution in [3.63, 3.8) is 0 Å². The number of hydrogen-bond donors (Lipinski definition) is 4. The Morgan fingerprint density at radius 2 is 1.93 bits per heavy atom. The molecule has 0 unspecified atom stereocenters. The summed E-state index contributed by atoms with van der Waals surface area (Å²) in [6.45, 7) is 5.21. The van der Waals surface area contributed by atoms with Gasteiger partial charge >= 0.3 is 0 Å². The van der Waals surface area contributed by atoms with Gasteiger partial charge in [0.15, 0.2) is 12.1 Å². The lowest BCUT2D eigenvalue weighted by molar-refractivity contribution is -0.300. The SMILES string of the molecule is C[C@@H]1C=C[C@@]2(O1)C(CO[C@@H]1O[C@H](CO)[C@@H](O)[C@H](O)[C@H]1O)=CC(=O)CC2(C)C. The smallest absolute Gasteiger partial charge is 0.187 e. The average Bonchev–Trinajstić information content (AvgIpc) is 3.00. The van der Waals surface area contributed by atoms with E-state index in [1.807, 2.05) is 32.9 Å². The molecule has 1 spiro atoms. The molecule has 3 rings (SSSR count). The lowest BCUT2D eigenvalue weighted by atomic mass is 9.64. The predicted molar refractivity (Wildman–Crippen MR) is 93.6 cm³/mol.